The number of ether oxygens (including phenoxy) is 4. The minimum absolute atomic E-state index is 0.00497. The van der Waals surface area contributed by atoms with Gasteiger partial charge in [0, 0.05) is 40.8 Å². The van der Waals surface area contributed by atoms with Crippen molar-refractivity contribution in [2.45, 2.75) is 146 Å². The second-order valence-electron chi connectivity index (χ2n) is 21.8. The Balaban J connectivity index is 0.903. The number of furan rings is 1. The highest BCUT2D eigenvalue weighted by Crippen LogP contribution is 2.81. The molecule has 3 N–H and O–H groups in total. The van der Waals surface area contributed by atoms with E-state index in [9.17, 15) is 19.8 Å². The molecular formula is C46H60N2O10. The van der Waals surface area contributed by atoms with Crippen LogP contribution in [0, 0.1) is 63.1 Å². The van der Waals surface area contributed by atoms with Gasteiger partial charge in [0.25, 0.3) is 0 Å². The summed E-state index contributed by atoms with van der Waals surface area (Å²) in [5.74, 6) is 0.657. The van der Waals surface area contributed by atoms with Crippen LogP contribution in [0.4, 0.5) is 0 Å². The van der Waals surface area contributed by atoms with Gasteiger partial charge in [-0.2, -0.15) is 0 Å². The molecule has 12 rings (SSSR count). The first-order valence-corrected chi connectivity index (χ1v) is 22.6. The number of aliphatic hydroxyl groups is 2. The highest BCUT2D eigenvalue weighted by Gasteiger charge is 2.91. The molecule has 1 aromatic rings. The van der Waals surface area contributed by atoms with E-state index in [1.54, 1.807) is 6.26 Å². The highest BCUT2D eigenvalue weighted by molar-refractivity contribution is 5.92. The van der Waals surface area contributed by atoms with E-state index in [0.29, 0.717) is 61.8 Å². The Labute approximate surface area is 340 Å². The van der Waals surface area contributed by atoms with Crippen molar-refractivity contribution < 1.29 is 48.0 Å². The monoisotopic (exact) mass is 800 g/mol. The molecule has 5 saturated carbocycles. The van der Waals surface area contributed by atoms with E-state index in [0.717, 1.165) is 56.6 Å². The zero-order valence-corrected chi connectivity index (χ0v) is 34.3. The van der Waals surface area contributed by atoms with Gasteiger partial charge in [-0.05, 0) is 113 Å². The Morgan fingerprint density at radius 3 is 2.57 bits per heavy atom. The number of aliphatic hydroxyl groups excluding tert-OH is 2. The van der Waals surface area contributed by atoms with Crippen LogP contribution in [-0.4, -0.2) is 94.3 Å². The Hall–Kier alpha value is -2.77. The van der Waals surface area contributed by atoms with Crippen LogP contribution in [0.3, 0.4) is 0 Å². The van der Waals surface area contributed by atoms with Crippen molar-refractivity contribution in [3.05, 3.63) is 35.9 Å². The van der Waals surface area contributed by atoms with Gasteiger partial charge in [-0.3, -0.25) is 14.9 Å². The zero-order valence-electron chi connectivity index (χ0n) is 34.3. The fraction of sp³-hybridized carbons (Fsp3) is 0.804. The smallest absolute Gasteiger partial charge is 0.339 e. The maximum atomic E-state index is 15.0. The third-order valence-electron chi connectivity index (χ3n) is 19.5. The molecular weight excluding hydrogens is 741 g/mol. The SMILES string of the molecule is CC1(C)OC2C3(CCCC3)C(=O)OCC23C1C(=O)C(O)C1(C)C3CCC2(C)C(c3ccoc3CC3C(O)CCC4CC5C(C=CN6CNCC56)CC43)OC(=O)C3OC321. The molecule has 3 spiro atoms. The summed E-state index contributed by atoms with van der Waals surface area (Å²) < 4.78 is 32.8. The number of rotatable bonds is 3. The predicted molar refractivity (Wildman–Crippen MR) is 205 cm³/mol. The first-order chi connectivity index (χ1) is 27.7. The van der Waals surface area contributed by atoms with Crippen molar-refractivity contribution in [1.82, 2.24) is 10.2 Å². The van der Waals surface area contributed by atoms with Crippen LogP contribution < -0.4 is 5.32 Å². The maximum absolute atomic E-state index is 15.0. The van der Waals surface area contributed by atoms with E-state index >= 15 is 4.79 Å². The quantitative estimate of drug-likeness (QED) is 0.289. The Bertz CT molecular complexity index is 1990. The van der Waals surface area contributed by atoms with Crippen molar-refractivity contribution in [3.63, 3.8) is 0 Å². The average Bonchev–Trinajstić information content (AvgIpc) is 3.62. The van der Waals surface area contributed by atoms with Crippen LogP contribution in [0.1, 0.15) is 109 Å². The van der Waals surface area contributed by atoms with Crippen LogP contribution in [-0.2, 0) is 39.8 Å². The standard InChI is InChI=1S/C46H60N2O10/c1-41(2)34-33(50)35(51)43(4)32(45(34)21-55-40(53)44(39(45)58-41)12-5-6-13-44)9-14-42(3)36(56-38(52)37-46(42,43)57-37)25-11-16-54-31(25)19-28-26-17-24-10-15-48-22-47-20-29(48)27(24)18-23(26)7-8-30(28)49/h10-11,15-16,23-24,26-30,32,34-37,39,47,49,51H,5-9,12-14,17-22H2,1-4H3. The number of Topliss-reactive ketones (excluding diaryl/α,β-unsaturated/α-hetero) is 1. The molecule has 5 aliphatic carbocycles. The van der Waals surface area contributed by atoms with Gasteiger partial charge in [0.15, 0.2) is 11.9 Å². The Kier molecular flexibility index (Phi) is 7.52. The summed E-state index contributed by atoms with van der Waals surface area (Å²) in [4.78, 5) is 45.6. The molecule has 12 nitrogen and oxygen atoms in total. The minimum Gasteiger partial charge on any atom is -0.469 e. The van der Waals surface area contributed by atoms with E-state index in [4.69, 9.17) is 23.4 Å². The summed E-state index contributed by atoms with van der Waals surface area (Å²) in [6.07, 6.45) is 11.1. The fourth-order valence-corrected chi connectivity index (χ4v) is 17.2. The molecule has 11 aliphatic rings. The number of hydrogen-bond acceptors (Lipinski definition) is 12. The molecule has 0 amide bonds. The van der Waals surface area contributed by atoms with Gasteiger partial charge in [0.2, 0.25) is 0 Å². The fourth-order valence-electron chi connectivity index (χ4n) is 17.2. The van der Waals surface area contributed by atoms with Crippen LogP contribution in [0.15, 0.2) is 29.0 Å². The van der Waals surface area contributed by atoms with Crippen LogP contribution in [0.5, 0.6) is 0 Å². The zero-order chi connectivity index (χ0) is 39.9. The van der Waals surface area contributed by atoms with Crippen molar-refractivity contribution >= 4 is 17.7 Å². The van der Waals surface area contributed by atoms with Crippen molar-refractivity contribution in [3.8, 4) is 0 Å². The molecule has 10 fully saturated rings. The Morgan fingerprint density at radius 2 is 1.76 bits per heavy atom. The number of allylic oxidation sites excluding steroid dienone is 1. The number of cyclic esters (lactones) is 2. The summed E-state index contributed by atoms with van der Waals surface area (Å²) in [6.45, 7) is 9.92. The summed E-state index contributed by atoms with van der Waals surface area (Å²) in [5.41, 5.74) is -5.15. The van der Waals surface area contributed by atoms with E-state index in [-0.39, 0.29) is 30.2 Å². The topological polar surface area (TPSA) is 160 Å². The molecule has 7 heterocycles. The lowest BCUT2D eigenvalue weighted by Crippen LogP contribution is -2.77. The van der Waals surface area contributed by atoms with E-state index in [1.165, 1.54) is 6.42 Å². The third kappa shape index (κ3) is 4.19. The molecule has 0 bridgehead atoms. The molecule has 5 saturated heterocycles. The normalized spacial score (nSPS) is 52.6. The van der Waals surface area contributed by atoms with Gasteiger partial charge in [-0.15, -0.1) is 0 Å². The van der Waals surface area contributed by atoms with Crippen LogP contribution >= 0.6 is 0 Å². The number of hydrogen-bond donors (Lipinski definition) is 3. The molecule has 17 unspecified atom stereocenters. The number of nitrogens with zero attached hydrogens (tertiary/aromatic N) is 1. The van der Waals surface area contributed by atoms with Crippen molar-refractivity contribution in [2.24, 2.45) is 63.1 Å². The van der Waals surface area contributed by atoms with Crippen LogP contribution in [0.25, 0.3) is 0 Å². The second-order valence-corrected chi connectivity index (χ2v) is 21.8. The molecule has 1 aromatic heterocycles. The van der Waals surface area contributed by atoms with Crippen molar-refractivity contribution in [2.75, 3.05) is 19.8 Å². The molecule has 0 radical (unpaired) electrons. The minimum atomic E-state index is -1.43. The number of ketones is 1. The molecule has 12 heteroatoms. The first kappa shape index (κ1) is 37.0. The number of fused-ring (bicyclic) bond motifs is 6. The summed E-state index contributed by atoms with van der Waals surface area (Å²) >= 11 is 0. The van der Waals surface area contributed by atoms with Gasteiger partial charge < -0.3 is 38.5 Å². The summed E-state index contributed by atoms with van der Waals surface area (Å²) in [6, 6.07) is 2.46. The average molecular weight is 801 g/mol. The molecule has 0 aromatic carbocycles. The lowest BCUT2D eigenvalue weighted by molar-refractivity contribution is -0.264. The van der Waals surface area contributed by atoms with Crippen LogP contribution in [0.2, 0.25) is 0 Å². The lowest BCUT2D eigenvalue weighted by Gasteiger charge is -2.67. The van der Waals surface area contributed by atoms with Crippen molar-refractivity contribution in [1.29, 1.82) is 0 Å². The highest BCUT2D eigenvalue weighted by atomic mass is 16.7. The number of carbonyl (C=O) groups excluding carboxylic acids is 3. The largest absolute Gasteiger partial charge is 0.469 e. The molecule has 58 heavy (non-hydrogen) atoms. The van der Waals surface area contributed by atoms with E-state index < -0.39 is 75.3 Å². The number of epoxide rings is 1. The molecule has 17 atom stereocenters. The number of esters is 2. The molecule has 6 aliphatic heterocycles. The van der Waals surface area contributed by atoms with Gasteiger partial charge >= 0.3 is 11.9 Å². The van der Waals surface area contributed by atoms with E-state index in [1.807, 2.05) is 26.8 Å². The second kappa shape index (κ2) is 11.8. The maximum Gasteiger partial charge on any atom is 0.339 e. The Morgan fingerprint density at radius 1 is 0.948 bits per heavy atom. The van der Waals surface area contributed by atoms with Gasteiger partial charge in [0.1, 0.15) is 30.2 Å². The summed E-state index contributed by atoms with van der Waals surface area (Å²) in [7, 11) is 0. The van der Waals surface area contributed by atoms with Gasteiger partial charge in [-0.25, -0.2) is 4.79 Å². The third-order valence-corrected chi connectivity index (χ3v) is 19.5. The first-order valence-electron chi connectivity index (χ1n) is 22.6. The van der Waals surface area contributed by atoms with Gasteiger partial charge in [-0.1, -0.05) is 32.8 Å². The van der Waals surface area contributed by atoms with E-state index in [2.05, 4.69) is 29.4 Å². The number of carbonyl (C=O) groups is 3. The summed E-state index contributed by atoms with van der Waals surface area (Å²) in [5, 5.41) is 27.9. The molecule has 314 valence electrons. The lowest BCUT2D eigenvalue weighted by atomic mass is 9.35. The van der Waals surface area contributed by atoms with Gasteiger partial charge in [0.05, 0.1) is 42.1 Å². The number of nitrogens with one attached hydrogen (secondary N) is 1. The predicted octanol–water partition coefficient (Wildman–Crippen LogP) is 4.61.